The molecule has 0 radical (unpaired) electrons. The summed E-state index contributed by atoms with van der Waals surface area (Å²) in [5.74, 6) is 0. The first-order valence-corrected chi connectivity index (χ1v) is 23.4. The Bertz CT molecular complexity index is 3880. The molecule has 0 amide bonds. The molecule has 0 atom stereocenters. The molecule has 3 aromatic heterocycles. The van der Waals surface area contributed by atoms with Crippen molar-refractivity contribution < 1.29 is 0 Å². The summed E-state index contributed by atoms with van der Waals surface area (Å²) in [5, 5.41) is 7.49. The lowest BCUT2D eigenvalue weighted by Gasteiger charge is -2.28. The molecule has 300 valence electrons. The van der Waals surface area contributed by atoms with Gasteiger partial charge < -0.3 is 9.47 Å². The first-order valence-electron chi connectivity index (χ1n) is 21.7. The lowest BCUT2D eigenvalue weighted by Crippen LogP contribution is -2.11. The molecule has 10 aromatic carbocycles. The normalized spacial score (nSPS) is 11.8. The first kappa shape index (κ1) is 36.9. The molecule has 13 rings (SSSR count). The summed E-state index contributed by atoms with van der Waals surface area (Å²) in [5.41, 5.74) is 14.3. The van der Waals surface area contributed by atoms with E-state index in [2.05, 4.69) is 240 Å². The quantitative estimate of drug-likeness (QED) is 0.155. The van der Waals surface area contributed by atoms with Crippen molar-refractivity contribution in [2.45, 2.75) is 0 Å². The van der Waals surface area contributed by atoms with Gasteiger partial charge in [-0.15, -0.1) is 22.7 Å². The lowest BCUT2D eigenvalue weighted by molar-refractivity contribution is 1.18. The number of fused-ring (bicyclic) bond motifs is 9. The van der Waals surface area contributed by atoms with Gasteiger partial charge in [-0.25, -0.2) is 0 Å². The molecule has 0 saturated heterocycles. The minimum absolute atomic E-state index is 1.12. The predicted octanol–water partition coefficient (Wildman–Crippen LogP) is 18.0. The highest BCUT2D eigenvalue weighted by Gasteiger charge is 2.26. The molecule has 0 aliphatic heterocycles. The largest absolute Gasteiger partial charge is 0.309 e. The Morgan fingerprint density at radius 3 is 1.67 bits per heavy atom. The van der Waals surface area contributed by atoms with Gasteiger partial charge in [0.2, 0.25) is 0 Å². The van der Waals surface area contributed by atoms with Crippen LogP contribution < -0.4 is 4.90 Å². The van der Waals surface area contributed by atoms with Crippen LogP contribution in [0.3, 0.4) is 0 Å². The maximum atomic E-state index is 2.56. The summed E-state index contributed by atoms with van der Waals surface area (Å²) in [6.45, 7) is 0. The standard InChI is InChI=1S/C60H38N2S2/c1-5-16-39(17-6-1)42-29-34-55-49(36-42)50-38-45(30-35-56(50)63-55)62(53-27-15-26-52-58(53)47-24-13-14-25-51(47)61(52)44-22-11-4-12-23-44)54-33-32-46(41-20-9-3-10-21-41)60-59(54)48-31-28-43(37-57(48)64-60)40-18-7-2-8-19-40/h1-38H. The lowest BCUT2D eigenvalue weighted by atomic mass is 9.98. The minimum atomic E-state index is 1.12. The second-order valence-corrected chi connectivity index (χ2v) is 18.6. The molecule has 13 aromatic rings. The third-order valence-electron chi connectivity index (χ3n) is 12.8. The van der Waals surface area contributed by atoms with Gasteiger partial charge in [-0.05, 0) is 106 Å². The summed E-state index contributed by atoms with van der Waals surface area (Å²) in [4.78, 5) is 2.56. The van der Waals surface area contributed by atoms with E-state index in [4.69, 9.17) is 0 Å². The highest BCUT2D eigenvalue weighted by Crippen LogP contribution is 2.52. The molecule has 0 aliphatic carbocycles. The Morgan fingerprint density at radius 2 is 0.922 bits per heavy atom. The molecule has 0 bridgehead atoms. The van der Waals surface area contributed by atoms with Gasteiger partial charge >= 0.3 is 0 Å². The van der Waals surface area contributed by atoms with Gasteiger partial charge in [0, 0.05) is 62.5 Å². The molecular formula is C60H38N2S2. The Balaban J connectivity index is 1.13. The molecule has 2 nitrogen and oxygen atoms in total. The molecule has 64 heavy (non-hydrogen) atoms. The number of nitrogens with zero attached hydrogens (tertiary/aromatic N) is 2. The van der Waals surface area contributed by atoms with E-state index in [1.54, 1.807) is 0 Å². The zero-order chi connectivity index (χ0) is 42.1. The Hall–Kier alpha value is -7.76. The molecule has 0 spiro atoms. The smallest absolute Gasteiger partial charge is 0.0562 e. The fraction of sp³-hybridized carbons (Fsp3) is 0. The highest BCUT2D eigenvalue weighted by molar-refractivity contribution is 7.26. The van der Waals surface area contributed by atoms with Crippen LogP contribution in [0.4, 0.5) is 17.1 Å². The minimum Gasteiger partial charge on any atom is -0.309 e. The summed E-state index contributed by atoms with van der Waals surface area (Å²) < 4.78 is 7.54. The van der Waals surface area contributed by atoms with Crippen molar-refractivity contribution in [1.82, 2.24) is 4.57 Å². The average Bonchev–Trinajstić information content (AvgIpc) is 4.05. The zero-order valence-corrected chi connectivity index (χ0v) is 36.3. The van der Waals surface area contributed by atoms with E-state index in [1.165, 1.54) is 95.5 Å². The predicted molar refractivity (Wildman–Crippen MR) is 278 cm³/mol. The van der Waals surface area contributed by atoms with Gasteiger partial charge in [0.15, 0.2) is 0 Å². The maximum absolute atomic E-state index is 2.56. The van der Waals surface area contributed by atoms with E-state index in [-0.39, 0.29) is 0 Å². The second kappa shape index (κ2) is 15.0. The maximum Gasteiger partial charge on any atom is 0.0562 e. The highest BCUT2D eigenvalue weighted by atomic mass is 32.1. The summed E-state index contributed by atoms with van der Waals surface area (Å²) in [7, 11) is 0. The number of thiophene rings is 2. The summed E-state index contributed by atoms with van der Waals surface area (Å²) in [6, 6.07) is 84.7. The fourth-order valence-corrected chi connectivity index (χ4v) is 12.2. The molecule has 0 fully saturated rings. The number of hydrogen-bond donors (Lipinski definition) is 0. The monoisotopic (exact) mass is 850 g/mol. The SMILES string of the molecule is c1ccc(-c2ccc3c(c2)sc2c(-c4ccccc4)ccc(N(c4ccc5sc6ccc(-c7ccccc7)cc6c5c4)c4cccc5c4c4ccccc4n5-c4ccccc4)c23)cc1. The number of aromatic nitrogens is 1. The van der Waals surface area contributed by atoms with Crippen LogP contribution in [0.2, 0.25) is 0 Å². The molecule has 0 unspecified atom stereocenters. The number of hydrogen-bond acceptors (Lipinski definition) is 3. The van der Waals surface area contributed by atoms with E-state index in [0.717, 1.165) is 22.7 Å². The van der Waals surface area contributed by atoms with Crippen LogP contribution in [-0.4, -0.2) is 4.57 Å². The molecular weight excluding hydrogens is 813 g/mol. The molecule has 3 heterocycles. The third kappa shape index (κ3) is 5.91. The number of para-hydroxylation sites is 2. The van der Waals surface area contributed by atoms with Crippen LogP contribution in [0.15, 0.2) is 231 Å². The zero-order valence-electron chi connectivity index (χ0n) is 34.7. The van der Waals surface area contributed by atoms with Crippen molar-refractivity contribution in [3.63, 3.8) is 0 Å². The van der Waals surface area contributed by atoms with Crippen molar-refractivity contribution in [1.29, 1.82) is 0 Å². The van der Waals surface area contributed by atoms with Gasteiger partial charge in [0.1, 0.15) is 0 Å². The van der Waals surface area contributed by atoms with Crippen LogP contribution >= 0.6 is 22.7 Å². The van der Waals surface area contributed by atoms with E-state index >= 15 is 0 Å². The van der Waals surface area contributed by atoms with Crippen LogP contribution in [0.25, 0.3) is 101 Å². The van der Waals surface area contributed by atoms with Crippen LogP contribution in [0, 0.1) is 0 Å². The Kier molecular flexibility index (Phi) is 8.61. The van der Waals surface area contributed by atoms with Crippen molar-refractivity contribution in [2.24, 2.45) is 0 Å². The number of benzene rings is 10. The van der Waals surface area contributed by atoms with Crippen molar-refractivity contribution >= 4 is 102 Å². The Labute approximate surface area is 378 Å². The molecule has 0 N–H and O–H groups in total. The fourth-order valence-electron chi connectivity index (χ4n) is 9.87. The van der Waals surface area contributed by atoms with Gasteiger partial charge in [-0.3, -0.25) is 0 Å². The first-order chi connectivity index (χ1) is 31.7. The van der Waals surface area contributed by atoms with E-state index in [9.17, 15) is 0 Å². The third-order valence-corrected chi connectivity index (χ3v) is 15.1. The average molecular weight is 851 g/mol. The topological polar surface area (TPSA) is 8.17 Å². The van der Waals surface area contributed by atoms with Gasteiger partial charge in [-0.2, -0.15) is 0 Å². The number of anilines is 3. The molecule has 0 aliphatic rings. The summed E-state index contributed by atoms with van der Waals surface area (Å²) >= 11 is 3.77. The Morgan fingerprint density at radius 1 is 0.328 bits per heavy atom. The van der Waals surface area contributed by atoms with E-state index < -0.39 is 0 Å². The van der Waals surface area contributed by atoms with Crippen LogP contribution in [0.1, 0.15) is 0 Å². The summed E-state index contributed by atoms with van der Waals surface area (Å²) in [6.07, 6.45) is 0. The van der Waals surface area contributed by atoms with Crippen molar-refractivity contribution in [3.8, 4) is 39.1 Å². The molecule has 0 saturated carbocycles. The second-order valence-electron chi connectivity index (χ2n) is 16.4. The van der Waals surface area contributed by atoms with Crippen molar-refractivity contribution in [2.75, 3.05) is 4.90 Å². The van der Waals surface area contributed by atoms with E-state index in [1.807, 2.05) is 22.7 Å². The van der Waals surface area contributed by atoms with Crippen molar-refractivity contribution in [3.05, 3.63) is 231 Å². The number of rotatable bonds is 7. The van der Waals surface area contributed by atoms with E-state index in [0.29, 0.717) is 0 Å². The van der Waals surface area contributed by atoms with Crippen LogP contribution in [-0.2, 0) is 0 Å². The van der Waals surface area contributed by atoms with Gasteiger partial charge in [-0.1, -0.05) is 158 Å². The molecule has 4 heteroatoms. The van der Waals surface area contributed by atoms with Gasteiger partial charge in [0.05, 0.1) is 22.4 Å². The van der Waals surface area contributed by atoms with Crippen LogP contribution in [0.5, 0.6) is 0 Å². The van der Waals surface area contributed by atoms with Gasteiger partial charge in [0.25, 0.3) is 0 Å².